The molecule has 3 aromatic carbocycles. The second-order valence-corrected chi connectivity index (χ2v) is 8.67. The second kappa shape index (κ2) is 15.4. The number of hydrogen-bond acceptors (Lipinski definition) is 8. The van der Waals surface area contributed by atoms with E-state index in [0.29, 0.717) is 35.0 Å². The lowest BCUT2D eigenvalue weighted by Crippen LogP contribution is -2.01. The van der Waals surface area contributed by atoms with Crippen molar-refractivity contribution in [2.75, 3.05) is 19.5 Å². The summed E-state index contributed by atoms with van der Waals surface area (Å²) in [5, 5.41) is 11.8. The van der Waals surface area contributed by atoms with Crippen LogP contribution >= 0.6 is 12.0 Å². The molecule has 0 aliphatic rings. The summed E-state index contributed by atoms with van der Waals surface area (Å²) in [7, 11) is 1.62. The van der Waals surface area contributed by atoms with Crippen LogP contribution in [0, 0.1) is 0 Å². The van der Waals surface area contributed by atoms with Crippen molar-refractivity contribution < 1.29 is 33.7 Å². The van der Waals surface area contributed by atoms with Gasteiger partial charge >= 0.3 is 0 Å². The first-order chi connectivity index (χ1) is 18.2. The Balaban J connectivity index is 1.83. The molecule has 0 fully saturated rings. The highest BCUT2D eigenvalue weighted by molar-refractivity contribution is 7.94. The fourth-order valence-electron chi connectivity index (χ4n) is 3.40. The predicted molar refractivity (Wildman–Crippen MR) is 146 cm³/mol. The van der Waals surface area contributed by atoms with Crippen LogP contribution in [0.15, 0.2) is 60.7 Å². The van der Waals surface area contributed by atoms with Crippen LogP contribution in [0.25, 0.3) is 24.3 Å². The summed E-state index contributed by atoms with van der Waals surface area (Å²) in [5.74, 6) is 2.02. The molecule has 1 N–H and O–H groups in total. The zero-order valence-electron chi connectivity index (χ0n) is 20.4. The largest absolute Gasteiger partial charge is 0.496 e. The van der Waals surface area contributed by atoms with Crippen LogP contribution in [0.3, 0.4) is 0 Å². The van der Waals surface area contributed by atoms with Crippen molar-refractivity contribution in [2.24, 2.45) is 0 Å². The zero-order chi connectivity index (χ0) is 26.3. The molecular weight excluding hydrogens is 492 g/mol. The highest BCUT2D eigenvalue weighted by Gasteiger charge is 2.09. The van der Waals surface area contributed by atoms with Gasteiger partial charge in [0.1, 0.15) is 24.1 Å². The van der Waals surface area contributed by atoms with Gasteiger partial charge in [0.05, 0.1) is 13.7 Å². The second-order valence-electron chi connectivity index (χ2n) is 7.89. The number of aldehydes is 2. The molecule has 0 heterocycles. The van der Waals surface area contributed by atoms with E-state index in [2.05, 4.69) is 9.37 Å². The molecule has 3 aromatic rings. The highest BCUT2D eigenvalue weighted by Crippen LogP contribution is 2.32. The molecule has 0 spiro atoms. The van der Waals surface area contributed by atoms with E-state index >= 15 is 0 Å². The molecule has 0 aliphatic heterocycles. The molecule has 0 saturated carbocycles. The van der Waals surface area contributed by atoms with Gasteiger partial charge < -0.3 is 9.47 Å². The monoisotopic (exact) mass is 520 g/mol. The molecule has 0 amide bonds. The van der Waals surface area contributed by atoms with Crippen molar-refractivity contribution in [1.82, 2.24) is 0 Å². The molecule has 0 aromatic heterocycles. The van der Waals surface area contributed by atoms with Gasteiger partial charge in [0.15, 0.2) is 0 Å². The normalized spacial score (nSPS) is 11.2. The Morgan fingerprint density at radius 3 is 1.76 bits per heavy atom. The van der Waals surface area contributed by atoms with Crippen LogP contribution in [0.5, 0.6) is 11.5 Å². The highest BCUT2D eigenvalue weighted by atomic mass is 32.2. The number of carbonyl (C=O) groups excluding carboxylic acids is 2. The minimum absolute atomic E-state index is 0.484. The lowest BCUT2D eigenvalue weighted by molar-refractivity contribution is -0.432. The topological polar surface area (TPSA) is 91.3 Å². The molecule has 0 saturated heterocycles. The maximum atomic E-state index is 10.9. The molecule has 192 valence electrons. The van der Waals surface area contributed by atoms with Gasteiger partial charge in [-0.3, -0.25) is 9.59 Å². The van der Waals surface area contributed by atoms with E-state index in [1.807, 2.05) is 60.7 Å². The molecule has 0 aliphatic carbocycles. The fraction of sp³-hybridized carbons (Fsp3) is 0.172. The molecule has 8 heteroatoms. The number of unbranched alkanes of at least 4 members (excludes halogenated alkanes) is 1. The molecular formula is C29H28O7S. The SMILES string of the molecule is COc1cc(/C=C/c2ccc(C=O)cc2)c(OCCCCSOOO)cc1/C=C/c1ccc(C=O)cc1. The number of carbonyl (C=O) groups is 2. The van der Waals surface area contributed by atoms with Gasteiger partial charge in [0, 0.05) is 40.0 Å². The maximum Gasteiger partial charge on any atom is 0.150 e. The van der Waals surface area contributed by atoms with Crippen LogP contribution in [0.2, 0.25) is 0 Å². The predicted octanol–water partition coefficient (Wildman–Crippen LogP) is 6.89. The zero-order valence-corrected chi connectivity index (χ0v) is 21.2. The van der Waals surface area contributed by atoms with Gasteiger partial charge in [-0.15, -0.1) is 4.33 Å². The minimum Gasteiger partial charge on any atom is -0.496 e. The van der Waals surface area contributed by atoms with Gasteiger partial charge in [-0.25, -0.2) is 5.26 Å². The number of methoxy groups -OCH3 is 1. The smallest absolute Gasteiger partial charge is 0.150 e. The van der Waals surface area contributed by atoms with Gasteiger partial charge in [-0.1, -0.05) is 77.9 Å². The Bertz CT molecular complexity index is 1200. The van der Waals surface area contributed by atoms with E-state index in [1.54, 1.807) is 31.4 Å². The van der Waals surface area contributed by atoms with Crippen LogP contribution in [-0.4, -0.2) is 37.3 Å². The summed E-state index contributed by atoms with van der Waals surface area (Å²) in [6, 6.07) is 18.4. The van der Waals surface area contributed by atoms with E-state index in [1.165, 1.54) is 0 Å². The summed E-state index contributed by atoms with van der Waals surface area (Å²) in [6.07, 6.45) is 11.0. The van der Waals surface area contributed by atoms with Crippen LogP contribution in [0.1, 0.15) is 55.8 Å². The lowest BCUT2D eigenvalue weighted by Gasteiger charge is -2.14. The molecule has 3 rings (SSSR count). The third kappa shape index (κ3) is 9.04. The molecule has 0 radical (unpaired) electrons. The first kappa shape index (κ1) is 27.9. The van der Waals surface area contributed by atoms with Crippen molar-refractivity contribution >= 4 is 48.9 Å². The Morgan fingerprint density at radius 2 is 1.24 bits per heavy atom. The number of rotatable bonds is 15. The van der Waals surface area contributed by atoms with E-state index < -0.39 is 0 Å². The standard InChI is InChI=1S/C29H28O7S/c1-33-28-18-27(15-13-23-6-10-25(21-31)11-7-23)29(34-16-2-3-17-37-36-35-32)19-26(28)14-12-22-4-8-24(20-30)9-5-22/h4-15,18-21,32H,2-3,16-17H2,1H3/b14-12+,15-13+. The van der Waals surface area contributed by atoms with Crippen LogP contribution < -0.4 is 9.47 Å². The molecule has 0 atom stereocenters. The van der Waals surface area contributed by atoms with Gasteiger partial charge in [-0.05, 0) is 36.1 Å². The average molecular weight is 521 g/mol. The summed E-state index contributed by atoms with van der Waals surface area (Å²) in [6.45, 7) is 0.484. The molecule has 7 nitrogen and oxygen atoms in total. The first-order valence-electron chi connectivity index (χ1n) is 11.6. The first-order valence-corrected chi connectivity index (χ1v) is 12.5. The quantitative estimate of drug-likeness (QED) is 0.0578. The van der Waals surface area contributed by atoms with Crippen molar-refractivity contribution in [2.45, 2.75) is 12.8 Å². The van der Waals surface area contributed by atoms with E-state index in [9.17, 15) is 9.59 Å². The fourth-order valence-corrected chi connectivity index (χ4v) is 3.83. The Labute approximate surface area is 220 Å². The Hall–Kier alpha value is -3.69. The maximum absolute atomic E-state index is 10.9. The van der Waals surface area contributed by atoms with Gasteiger partial charge in [0.2, 0.25) is 0 Å². The van der Waals surface area contributed by atoms with E-state index in [0.717, 1.165) is 59.7 Å². The van der Waals surface area contributed by atoms with Crippen molar-refractivity contribution in [1.29, 1.82) is 0 Å². The minimum atomic E-state index is 0.484. The molecule has 0 bridgehead atoms. The molecule has 37 heavy (non-hydrogen) atoms. The van der Waals surface area contributed by atoms with Crippen LogP contribution in [0.4, 0.5) is 0 Å². The summed E-state index contributed by atoms with van der Waals surface area (Å²) in [5.41, 5.74) is 4.82. The number of hydrogen-bond donors (Lipinski definition) is 1. The Morgan fingerprint density at radius 1 is 0.730 bits per heavy atom. The summed E-state index contributed by atoms with van der Waals surface area (Å²) >= 11 is 1.02. The van der Waals surface area contributed by atoms with Gasteiger partial charge in [-0.2, -0.15) is 0 Å². The number of ether oxygens (including phenoxy) is 2. The van der Waals surface area contributed by atoms with E-state index in [-0.39, 0.29) is 0 Å². The Kier molecular flexibility index (Phi) is 11.6. The third-order valence-corrected chi connectivity index (χ3v) is 5.99. The molecule has 0 unspecified atom stereocenters. The summed E-state index contributed by atoms with van der Waals surface area (Å²) < 4.78 is 16.2. The number of benzene rings is 3. The van der Waals surface area contributed by atoms with E-state index in [4.69, 9.17) is 14.7 Å². The summed E-state index contributed by atoms with van der Waals surface area (Å²) in [4.78, 5) is 21.8. The van der Waals surface area contributed by atoms with Gasteiger partial charge in [0.25, 0.3) is 0 Å². The van der Waals surface area contributed by atoms with Crippen LogP contribution in [-0.2, 0) is 9.37 Å². The van der Waals surface area contributed by atoms with Crippen molar-refractivity contribution in [3.05, 3.63) is 94.0 Å². The average Bonchev–Trinajstić information content (AvgIpc) is 2.95. The van der Waals surface area contributed by atoms with Crippen molar-refractivity contribution in [3.8, 4) is 11.5 Å². The van der Waals surface area contributed by atoms with Crippen molar-refractivity contribution in [3.63, 3.8) is 0 Å². The third-order valence-electron chi connectivity index (χ3n) is 5.38. The lowest BCUT2D eigenvalue weighted by atomic mass is 10.0.